The first-order valence-electron chi connectivity index (χ1n) is 5.65. The smallest absolute Gasteiger partial charge is 0.126 e. The van der Waals surface area contributed by atoms with Crippen LogP contribution in [0, 0.1) is 6.20 Å². The summed E-state index contributed by atoms with van der Waals surface area (Å²) in [6.07, 6.45) is 2.91. The van der Waals surface area contributed by atoms with Gasteiger partial charge in [-0.2, -0.15) is 0 Å². The zero-order valence-corrected chi connectivity index (χ0v) is 10.4. The number of rotatable bonds is 1. The molecule has 0 spiro atoms. The van der Waals surface area contributed by atoms with Crippen molar-refractivity contribution in [1.29, 1.82) is 0 Å². The van der Waals surface area contributed by atoms with E-state index in [0.717, 1.165) is 32.2 Å². The zero-order valence-electron chi connectivity index (χ0n) is 9.61. The van der Waals surface area contributed by atoms with Crippen LogP contribution in [0.5, 0.6) is 0 Å². The van der Waals surface area contributed by atoms with E-state index in [1.54, 1.807) is 0 Å². The fourth-order valence-electron chi connectivity index (χ4n) is 2.13. The first-order valence-corrected chi connectivity index (χ1v) is 6.42. The molecule has 89 valence electrons. The van der Waals surface area contributed by atoms with E-state index in [0.29, 0.717) is 0 Å². The number of benzene rings is 2. The van der Waals surface area contributed by atoms with Gasteiger partial charge in [-0.15, -0.1) is 15.3 Å². The van der Waals surface area contributed by atoms with Gasteiger partial charge in [0.25, 0.3) is 0 Å². The highest BCUT2D eigenvalue weighted by molar-refractivity contribution is 7.13. The zero-order chi connectivity index (χ0) is 12.7. The Labute approximate surface area is 112 Å². The topological polar surface area (TPSA) is 64.5 Å². The predicted octanol–water partition coefficient (Wildman–Crippen LogP) is 2.50. The lowest BCUT2D eigenvalue weighted by atomic mass is 10.0. The number of nitrogens with zero attached hydrogens (tertiary/aromatic N) is 5. The van der Waals surface area contributed by atoms with E-state index in [-0.39, 0.29) is 0 Å². The van der Waals surface area contributed by atoms with E-state index in [1.165, 1.54) is 11.5 Å². The molecule has 2 aromatic carbocycles. The molecule has 0 N–H and O–H groups in total. The second-order valence-corrected chi connectivity index (χ2v) is 4.81. The van der Waals surface area contributed by atoms with Crippen molar-refractivity contribution >= 4 is 32.7 Å². The molecule has 2 aromatic heterocycles. The summed E-state index contributed by atoms with van der Waals surface area (Å²) < 4.78 is 5.07. The lowest BCUT2D eigenvalue weighted by Gasteiger charge is -2.04. The summed E-state index contributed by atoms with van der Waals surface area (Å²) in [6.45, 7) is 0. The van der Waals surface area contributed by atoms with Gasteiger partial charge < -0.3 is 0 Å². The van der Waals surface area contributed by atoms with E-state index in [1.807, 2.05) is 36.4 Å². The molecule has 0 fully saturated rings. The van der Waals surface area contributed by atoms with Crippen LogP contribution < -0.4 is 0 Å². The maximum atomic E-state index is 4.20. The van der Waals surface area contributed by atoms with Crippen LogP contribution in [0.15, 0.2) is 36.4 Å². The van der Waals surface area contributed by atoms with Gasteiger partial charge >= 0.3 is 0 Å². The van der Waals surface area contributed by atoms with Gasteiger partial charge in [-0.05, 0) is 34.4 Å². The third-order valence-electron chi connectivity index (χ3n) is 2.97. The van der Waals surface area contributed by atoms with Gasteiger partial charge in [0.2, 0.25) is 0 Å². The lowest BCUT2D eigenvalue weighted by Crippen LogP contribution is -1.90. The summed E-state index contributed by atoms with van der Waals surface area (Å²) in [5, 5.41) is 16.4. The van der Waals surface area contributed by atoms with Crippen LogP contribution in [-0.2, 0) is 0 Å². The van der Waals surface area contributed by atoms with Crippen LogP contribution in [0.2, 0.25) is 0 Å². The molecule has 0 amide bonds. The van der Waals surface area contributed by atoms with Crippen molar-refractivity contribution in [3.05, 3.63) is 42.6 Å². The van der Waals surface area contributed by atoms with E-state index < -0.39 is 0 Å². The van der Waals surface area contributed by atoms with Crippen molar-refractivity contribution in [3.8, 4) is 11.1 Å². The first kappa shape index (κ1) is 10.5. The number of aromatic nitrogens is 5. The summed E-state index contributed by atoms with van der Waals surface area (Å²) in [6, 6.07) is 11.9. The Kier molecular flexibility index (Phi) is 2.22. The SMILES string of the molecule is [c]1nnnc2cccc(-c3cccc4snnc34)c12. The normalized spacial score (nSPS) is 11.2. The molecule has 2 heterocycles. The van der Waals surface area contributed by atoms with Crippen molar-refractivity contribution in [1.82, 2.24) is 25.0 Å². The van der Waals surface area contributed by atoms with Crippen LogP contribution in [0.25, 0.3) is 32.2 Å². The summed E-state index contributed by atoms with van der Waals surface area (Å²) >= 11 is 1.39. The van der Waals surface area contributed by atoms with E-state index in [4.69, 9.17) is 0 Å². The molecule has 4 rings (SSSR count). The third kappa shape index (κ3) is 1.57. The van der Waals surface area contributed by atoms with Crippen molar-refractivity contribution < 1.29 is 0 Å². The Hall–Kier alpha value is -2.47. The number of hydrogen-bond acceptors (Lipinski definition) is 6. The van der Waals surface area contributed by atoms with Gasteiger partial charge in [0.1, 0.15) is 11.7 Å². The van der Waals surface area contributed by atoms with Crippen LogP contribution in [0.4, 0.5) is 0 Å². The van der Waals surface area contributed by atoms with Gasteiger partial charge in [-0.3, -0.25) is 0 Å². The Morgan fingerprint density at radius 1 is 0.947 bits per heavy atom. The minimum atomic E-state index is 0.771. The van der Waals surface area contributed by atoms with Gasteiger partial charge in [0.15, 0.2) is 0 Å². The third-order valence-corrected chi connectivity index (χ3v) is 3.66. The molecule has 0 aliphatic carbocycles. The lowest BCUT2D eigenvalue weighted by molar-refractivity contribution is 0.891. The molecule has 0 saturated heterocycles. The molecule has 1 radical (unpaired) electrons. The van der Waals surface area contributed by atoms with Crippen LogP contribution in [-0.4, -0.2) is 25.0 Å². The quantitative estimate of drug-likeness (QED) is 0.528. The molecule has 0 aliphatic heterocycles. The maximum absolute atomic E-state index is 4.20. The highest BCUT2D eigenvalue weighted by atomic mass is 32.1. The van der Waals surface area contributed by atoms with E-state index in [2.05, 4.69) is 31.2 Å². The fourth-order valence-corrected chi connectivity index (χ4v) is 2.72. The van der Waals surface area contributed by atoms with Crippen molar-refractivity contribution in [3.63, 3.8) is 0 Å². The molecule has 19 heavy (non-hydrogen) atoms. The monoisotopic (exact) mass is 264 g/mol. The van der Waals surface area contributed by atoms with E-state index in [9.17, 15) is 0 Å². The number of fused-ring (bicyclic) bond motifs is 2. The molecule has 0 atom stereocenters. The minimum absolute atomic E-state index is 0.771. The molecular weight excluding hydrogens is 258 g/mol. The molecule has 6 heteroatoms. The van der Waals surface area contributed by atoms with Crippen LogP contribution in [0.3, 0.4) is 0 Å². The van der Waals surface area contributed by atoms with Gasteiger partial charge in [-0.1, -0.05) is 28.8 Å². The maximum Gasteiger partial charge on any atom is 0.126 e. The highest BCUT2D eigenvalue weighted by Gasteiger charge is 2.10. The summed E-state index contributed by atoms with van der Waals surface area (Å²) in [7, 11) is 0. The van der Waals surface area contributed by atoms with Gasteiger partial charge in [0.05, 0.1) is 10.2 Å². The summed E-state index contributed by atoms with van der Waals surface area (Å²) in [4.78, 5) is 0. The van der Waals surface area contributed by atoms with E-state index >= 15 is 0 Å². The summed E-state index contributed by atoms with van der Waals surface area (Å²) in [5.41, 5.74) is 3.68. The Bertz CT molecular complexity index is 881. The average Bonchev–Trinajstić information content (AvgIpc) is 2.95. The summed E-state index contributed by atoms with van der Waals surface area (Å²) in [5.74, 6) is 0. The second kappa shape index (κ2) is 4.03. The molecule has 4 aromatic rings. The molecule has 0 saturated carbocycles. The molecule has 0 bridgehead atoms. The Morgan fingerprint density at radius 2 is 1.84 bits per heavy atom. The van der Waals surface area contributed by atoms with Crippen LogP contribution >= 0.6 is 11.5 Å². The Morgan fingerprint density at radius 3 is 2.84 bits per heavy atom. The molecular formula is C13H6N5S. The molecule has 0 unspecified atom stereocenters. The molecule has 5 nitrogen and oxygen atoms in total. The first-order chi connectivity index (χ1) is 9.43. The number of hydrogen-bond donors (Lipinski definition) is 0. The van der Waals surface area contributed by atoms with Crippen LogP contribution in [0.1, 0.15) is 0 Å². The van der Waals surface area contributed by atoms with Crippen molar-refractivity contribution in [2.75, 3.05) is 0 Å². The Balaban J connectivity index is 2.12. The predicted molar refractivity (Wildman–Crippen MR) is 72.6 cm³/mol. The van der Waals surface area contributed by atoms with Crippen molar-refractivity contribution in [2.45, 2.75) is 0 Å². The molecule has 0 aliphatic rings. The highest BCUT2D eigenvalue weighted by Crippen LogP contribution is 2.32. The second-order valence-electron chi connectivity index (χ2n) is 4.03. The van der Waals surface area contributed by atoms with Gasteiger partial charge in [0, 0.05) is 10.9 Å². The largest absolute Gasteiger partial charge is 0.137 e. The van der Waals surface area contributed by atoms with Crippen molar-refractivity contribution in [2.24, 2.45) is 0 Å². The fraction of sp³-hybridized carbons (Fsp3) is 0. The minimum Gasteiger partial charge on any atom is -0.137 e. The standard InChI is InChI=1S/C13H6N5S/c1-3-8(10-7-14-17-15-11(10)5-1)9-4-2-6-12-13(9)16-18-19-12/h1-6H. The average molecular weight is 264 g/mol. The van der Waals surface area contributed by atoms with Gasteiger partial charge in [-0.25, -0.2) is 0 Å².